The number of ether oxygens (including phenoxy) is 2. The summed E-state index contributed by atoms with van der Waals surface area (Å²) in [5.41, 5.74) is 2.89. The standard InChI is InChI=1S/C33H47FN4O4/c1-33(15-6-8-19-42-33)24-20-27(30(41-3)28(34)21-24)29(32(39)40)38-18-14-26(22-38)37(2)17-7-4-5-11-25-13-12-23-10-9-16-35-31(23)36-25/h12-13,20-21,26,29H,4-11,14-19,22H2,1-3H3,(H,35,36)(H,39,40)/t26-,29-,33?/m1/s1. The molecule has 0 saturated carbocycles. The molecule has 8 nitrogen and oxygen atoms in total. The third-order valence-electron chi connectivity index (χ3n) is 9.46. The van der Waals surface area contributed by atoms with E-state index in [0.29, 0.717) is 30.8 Å². The van der Waals surface area contributed by atoms with Gasteiger partial charge in [-0.2, -0.15) is 0 Å². The Balaban J connectivity index is 1.17. The second-order valence-electron chi connectivity index (χ2n) is 12.4. The van der Waals surface area contributed by atoms with Crippen LogP contribution in [0.3, 0.4) is 0 Å². The van der Waals surface area contributed by atoms with E-state index in [2.05, 4.69) is 29.4 Å². The molecule has 3 aliphatic rings. The number of carboxylic acid groups (broad SMARTS) is 1. The van der Waals surface area contributed by atoms with Gasteiger partial charge in [-0.15, -0.1) is 0 Å². The van der Waals surface area contributed by atoms with Gasteiger partial charge < -0.3 is 24.8 Å². The fraction of sp³-hybridized carbons (Fsp3) is 0.636. The fourth-order valence-electron chi connectivity index (χ4n) is 6.88. The molecule has 230 valence electrons. The number of rotatable bonds is 12. The van der Waals surface area contributed by atoms with Crippen LogP contribution in [0.25, 0.3) is 0 Å². The van der Waals surface area contributed by atoms with Crippen LogP contribution >= 0.6 is 0 Å². The van der Waals surface area contributed by atoms with Crippen molar-refractivity contribution in [1.82, 2.24) is 14.8 Å². The summed E-state index contributed by atoms with van der Waals surface area (Å²) in [4.78, 5) is 21.8. The summed E-state index contributed by atoms with van der Waals surface area (Å²) in [6.07, 6.45) is 10.2. The van der Waals surface area contributed by atoms with Gasteiger partial charge in [-0.1, -0.05) is 12.5 Å². The molecular weight excluding hydrogens is 535 g/mol. The minimum atomic E-state index is -0.992. The number of likely N-dealkylation sites (N-methyl/N-ethyl adjacent to an activating group) is 1. The van der Waals surface area contributed by atoms with Crippen LogP contribution in [-0.2, 0) is 28.0 Å². The van der Waals surface area contributed by atoms with E-state index in [1.165, 1.54) is 25.2 Å². The number of unbranched alkanes of at least 4 members (excludes halogenated alkanes) is 2. The number of methoxy groups -OCH3 is 1. The van der Waals surface area contributed by atoms with Crippen LogP contribution in [0.5, 0.6) is 5.75 Å². The van der Waals surface area contributed by atoms with E-state index in [0.717, 1.165) is 82.4 Å². The Bertz CT molecular complexity index is 1230. The van der Waals surface area contributed by atoms with E-state index < -0.39 is 23.4 Å². The van der Waals surface area contributed by atoms with Gasteiger partial charge in [0.25, 0.3) is 0 Å². The lowest BCUT2D eigenvalue weighted by Crippen LogP contribution is -2.38. The Kier molecular flexibility index (Phi) is 10.0. The fourth-order valence-corrected chi connectivity index (χ4v) is 6.88. The van der Waals surface area contributed by atoms with Crippen LogP contribution in [0.2, 0.25) is 0 Å². The predicted octanol–water partition coefficient (Wildman–Crippen LogP) is 5.55. The maximum Gasteiger partial charge on any atom is 0.325 e. The molecule has 0 spiro atoms. The highest BCUT2D eigenvalue weighted by Crippen LogP contribution is 2.41. The number of hydrogen-bond donors (Lipinski definition) is 2. The van der Waals surface area contributed by atoms with Gasteiger partial charge in [-0.05, 0) is 108 Å². The monoisotopic (exact) mass is 582 g/mol. The first kappa shape index (κ1) is 30.7. The summed E-state index contributed by atoms with van der Waals surface area (Å²) in [6, 6.07) is 6.90. The highest BCUT2D eigenvalue weighted by Gasteiger charge is 2.39. The molecule has 1 unspecified atom stereocenters. The van der Waals surface area contributed by atoms with Crippen molar-refractivity contribution < 1.29 is 23.8 Å². The Morgan fingerprint density at radius 1 is 1.29 bits per heavy atom. The number of nitrogens with one attached hydrogen (secondary N) is 1. The SMILES string of the molecule is COc1c(F)cc(C2(C)CCCCO2)cc1[C@H](C(=O)O)N1CC[C@@H](N(C)CCCCCc2ccc3c(n2)NCCC3)C1. The van der Waals surface area contributed by atoms with Gasteiger partial charge in [-0.3, -0.25) is 9.69 Å². The number of pyridine rings is 1. The number of nitrogens with zero attached hydrogens (tertiary/aromatic N) is 3. The number of aryl methyl sites for hydroxylation is 2. The summed E-state index contributed by atoms with van der Waals surface area (Å²) in [5, 5.41) is 13.8. The molecule has 1 aromatic carbocycles. The molecule has 0 radical (unpaired) electrons. The molecule has 3 aliphatic heterocycles. The molecule has 5 rings (SSSR count). The van der Waals surface area contributed by atoms with Gasteiger partial charge in [0.15, 0.2) is 11.6 Å². The number of hydrogen-bond acceptors (Lipinski definition) is 7. The number of carboxylic acids is 1. The zero-order chi connectivity index (χ0) is 29.7. The molecule has 3 atom stereocenters. The molecule has 2 saturated heterocycles. The van der Waals surface area contributed by atoms with E-state index in [1.807, 2.05) is 11.8 Å². The molecule has 1 aromatic heterocycles. The van der Waals surface area contributed by atoms with E-state index in [9.17, 15) is 9.90 Å². The first-order valence-electron chi connectivity index (χ1n) is 15.7. The molecule has 2 N–H and O–H groups in total. The number of carbonyl (C=O) groups is 1. The van der Waals surface area contributed by atoms with E-state index >= 15 is 4.39 Å². The normalized spacial score (nSPS) is 23.4. The molecule has 0 bridgehead atoms. The van der Waals surface area contributed by atoms with Gasteiger partial charge in [0.05, 0.1) is 12.7 Å². The lowest BCUT2D eigenvalue weighted by atomic mass is 9.86. The number of halogens is 1. The van der Waals surface area contributed by atoms with Crippen molar-refractivity contribution in [3.8, 4) is 5.75 Å². The predicted molar refractivity (Wildman–Crippen MR) is 162 cm³/mol. The van der Waals surface area contributed by atoms with Gasteiger partial charge in [0, 0.05) is 43.5 Å². The summed E-state index contributed by atoms with van der Waals surface area (Å²) in [6.45, 7) is 5.79. The number of aromatic nitrogens is 1. The van der Waals surface area contributed by atoms with E-state index in [1.54, 1.807) is 6.07 Å². The maximum atomic E-state index is 15.3. The number of anilines is 1. The number of aliphatic carboxylic acids is 1. The highest BCUT2D eigenvalue weighted by molar-refractivity contribution is 5.77. The Morgan fingerprint density at radius 3 is 2.90 bits per heavy atom. The van der Waals surface area contributed by atoms with Crippen molar-refractivity contribution in [1.29, 1.82) is 0 Å². The molecule has 4 heterocycles. The second kappa shape index (κ2) is 13.7. The van der Waals surface area contributed by atoms with Crippen LogP contribution in [0.15, 0.2) is 24.3 Å². The molecule has 2 fully saturated rings. The van der Waals surface area contributed by atoms with Crippen LogP contribution in [-0.4, -0.2) is 78.8 Å². The van der Waals surface area contributed by atoms with Crippen molar-refractivity contribution in [2.75, 3.05) is 52.3 Å². The summed E-state index contributed by atoms with van der Waals surface area (Å²) in [5.74, 6) is -0.464. The third kappa shape index (κ3) is 6.90. The Labute approximate surface area is 249 Å². The topological polar surface area (TPSA) is 87.2 Å². The highest BCUT2D eigenvalue weighted by atomic mass is 19.1. The largest absolute Gasteiger partial charge is 0.493 e. The average Bonchev–Trinajstić information content (AvgIpc) is 3.47. The Hall–Kier alpha value is -2.75. The Morgan fingerprint density at radius 2 is 2.14 bits per heavy atom. The second-order valence-corrected chi connectivity index (χ2v) is 12.4. The first-order valence-corrected chi connectivity index (χ1v) is 15.7. The van der Waals surface area contributed by atoms with Gasteiger partial charge in [0.1, 0.15) is 11.9 Å². The van der Waals surface area contributed by atoms with Crippen LogP contribution < -0.4 is 10.1 Å². The number of fused-ring (bicyclic) bond motifs is 1. The average molecular weight is 583 g/mol. The van der Waals surface area contributed by atoms with Crippen LogP contribution in [0.1, 0.15) is 86.7 Å². The summed E-state index contributed by atoms with van der Waals surface area (Å²) in [7, 11) is 3.53. The molecule has 2 aromatic rings. The van der Waals surface area contributed by atoms with E-state index in [4.69, 9.17) is 14.5 Å². The van der Waals surface area contributed by atoms with Crippen molar-refractivity contribution in [2.24, 2.45) is 0 Å². The lowest BCUT2D eigenvalue weighted by Gasteiger charge is -2.35. The zero-order valence-corrected chi connectivity index (χ0v) is 25.5. The molecule has 42 heavy (non-hydrogen) atoms. The zero-order valence-electron chi connectivity index (χ0n) is 25.5. The minimum absolute atomic E-state index is 0.00608. The molecule has 9 heteroatoms. The van der Waals surface area contributed by atoms with Crippen LogP contribution in [0.4, 0.5) is 10.2 Å². The first-order chi connectivity index (χ1) is 20.3. The number of benzene rings is 1. The van der Waals surface area contributed by atoms with Crippen molar-refractivity contribution >= 4 is 11.8 Å². The third-order valence-corrected chi connectivity index (χ3v) is 9.46. The van der Waals surface area contributed by atoms with Crippen molar-refractivity contribution in [2.45, 2.75) is 88.8 Å². The van der Waals surface area contributed by atoms with Gasteiger partial charge in [0.2, 0.25) is 0 Å². The summed E-state index contributed by atoms with van der Waals surface area (Å²) >= 11 is 0. The van der Waals surface area contributed by atoms with E-state index in [-0.39, 0.29) is 11.8 Å². The van der Waals surface area contributed by atoms with Gasteiger partial charge >= 0.3 is 5.97 Å². The molecular formula is C33H47FN4O4. The quantitative estimate of drug-likeness (QED) is 0.315. The van der Waals surface area contributed by atoms with Crippen molar-refractivity contribution in [3.63, 3.8) is 0 Å². The maximum absolute atomic E-state index is 15.3. The number of likely N-dealkylation sites (tertiary alicyclic amines) is 1. The van der Waals surface area contributed by atoms with Gasteiger partial charge in [-0.25, -0.2) is 9.37 Å². The smallest absolute Gasteiger partial charge is 0.325 e. The van der Waals surface area contributed by atoms with Crippen molar-refractivity contribution in [3.05, 3.63) is 52.5 Å². The lowest BCUT2D eigenvalue weighted by molar-refractivity contribution is -0.143. The molecule has 0 aliphatic carbocycles. The minimum Gasteiger partial charge on any atom is -0.493 e. The van der Waals surface area contributed by atoms with Crippen LogP contribution in [0, 0.1) is 5.82 Å². The molecule has 0 amide bonds. The summed E-state index contributed by atoms with van der Waals surface area (Å²) < 4.78 is 26.8.